The summed E-state index contributed by atoms with van der Waals surface area (Å²) in [5.41, 5.74) is -0.687. The average Bonchev–Trinajstić information content (AvgIpc) is 1.60. The largest absolute Gasteiger partial charge is 0.333 e. The highest BCUT2D eigenvalue weighted by Gasteiger charge is 2.21. The van der Waals surface area contributed by atoms with Crippen molar-refractivity contribution < 1.29 is 12.6 Å². The summed E-state index contributed by atoms with van der Waals surface area (Å²) >= 11 is 0. The number of hydrogen-bond acceptors (Lipinski definition) is 3. The number of nitrogens with two attached hydrogens (primary N) is 1. The lowest BCUT2D eigenvalue weighted by Crippen LogP contribution is -2.30. The van der Waals surface area contributed by atoms with E-state index >= 15 is 0 Å². The third kappa shape index (κ3) is 4.72. The summed E-state index contributed by atoms with van der Waals surface area (Å²) in [4.78, 5) is 0. The molecule has 0 unspecified atom stereocenters. The molecule has 62 valence electrons. The fourth-order valence-corrected chi connectivity index (χ4v) is 1.12. The highest BCUT2D eigenvalue weighted by molar-refractivity contribution is 7.84. The van der Waals surface area contributed by atoms with E-state index < -0.39 is 15.9 Å². The van der Waals surface area contributed by atoms with Crippen LogP contribution in [0.15, 0.2) is 0 Å². The molecule has 0 aliphatic heterocycles. The third-order valence-corrected chi connectivity index (χ3v) is 1.88. The first kappa shape index (κ1) is 9.87. The molecule has 5 heteroatoms. The van der Waals surface area contributed by atoms with E-state index in [4.69, 9.17) is 0 Å². The molecule has 0 aliphatic carbocycles. The zero-order valence-corrected chi connectivity index (χ0v) is 7.23. The van der Waals surface area contributed by atoms with Crippen LogP contribution < -0.4 is 5.14 Å². The van der Waals surface area contributed by atoms with E-state index in [2.05, 4.69) is 9.32 Å². The van der Waals surface area contributed by atoms with Crippen LogP contribution in [0.1, 0.15) is 27.2 Å². The van der Waals surface area contributed by atoms with Gasteiger partial charge in [-0.25, -0.2) is 5.14 Å². The third-order valence-electron chi connectivity index (χ3n) is 1.19. The molecule has 0 aliphatic rings. The van der Waals surface area contributed by atoms with Crippen molar-refractivity contribution in [3.8, 4) is 0 Å². The molecule has 0 rings (SSSR count). The first-order valence-electron chi connectivity index (χ1n) is 3.00. The Bertz CT molecular complexity index is 195. The molecular weight excluding hydrogens is 154 g/mol. The van der Waals surface area contributed by atoms with E-state index in [1.54, 1.807) is 13.8 Å². The van der Waals surface area contributed by atoms with Crippen LogP contribution >= 0.6 is 0 Å². The van der Waals surface area contributed by atoms with Gasteiger partial charge in [-0.3, -0.25) is 4.18 Å². The predicted octanol–water partition coefficient (Wildman–Crippen LogP) is 0.395. The van der Waals surface area contributed by atoms with Gasteiger partial charge in [-0.1, -0.05) is 6.92 Å². The highest BCUT2D eigenvalue weighted by atomic mass is 32.2. The molecule has 0 radical (unpaired) electrons. The maximum absolute atomic E-state index is 10.4. The SMILES string of the molecule is CCC(C)(C)OS(N)(=O)=O. The van der Waals surface area contributed by atoms with Crippen molar-refractivity contribution in [2.24, 2.45) is 5.14 Å². The first-order valence-corrected chi connectivity index (χ1v) is 4.47. The summed E-state index contributed by atoms with van der Waals surface area (Å²) in [7, 11) is -3.79. The van der Waals surface area contributed by atoms with Crippen LogP contribution in [0, 0.1) is 0 Å². The maximum Gasteiger partial charge on any atom is 0.333 e. The van der Waals surface area contributed by atoms with Crippen molar-refractivity contribution in [2.45, 2.75) is 32.8 Å². The predicted molar refractivity (Wildman–Crippen MR) is 38.6 cm³/mol. The standard InChI is InChI=1S/C5H13NO3S/c1-4-5(2,3)9-10(6,7)8/h4H2,1-3H3,(H2,6,7,8). The fourth-order valence-electron chi connectivity index (χ4n) is 0.373. The Kier molecular flexibility index (Phi) is 2.82. The topological polar surface area (TPSA) is 69.4 Å². The second-order valence-corrected chi connectivity index (χ2v) is 3.84. The lowest BCUT2D eigenvalue weighted by molar-refractivity contribution is 0.114. The van der Waals surface area contributed by atoms with Gasteiger partial charge in [0.25, 0.3) is 0 Å². The van der Waals surface area contributed by atoms with Gasteiger partial charge in [0.2, 0.25) is 0 Å². The number of hydrogen-bond donors (Lipinski definition) is 1. The van der Waals surface area contributed by atoms with E-state index in [9.17, 15) is 8.42 Å². The van der Waals surface area contributed by atoms with Crippen LogP contribution in [-0.4, -0.2) is 14.0 Å². The first-order chi connectivity index (χ1) is 4.27. The van der Waals surface area contributed by atoms with Gasteiger partial charge in [-0.2, -0.15) is 8.42 Å². The zero-order valence-electron chi connectivity index (χ0n) is 6.42. The molecule has 0 fully saturated rings. The molecule has 0 saturated heterocycles. The molecule has 0 bridgehead atoms. The van der Waals surface area contributed by atoms with Gasteiger partial charge in [0.05, 0.1) is 5.60 Å². The van der Waals surface area contributed by atoms with Gasteiger partial charge >= 0.3 is 10.3 Å². The van der Waals surface area contributed by atoms with Gasteiger partial charge in [0.1, 0.15) is 0 Å². The number of rotatable bonds is 3. The highest BCUT2D eigenvalue weighted by Crippen LogP contribution is 2.14. The normalized spacial score (nSPS) is 13.6. The summed E-state index contributed by atoms with van der Waals surface area (Å²) in [6.07, 6.45) is 0.601. The summed E-state index contributed by atoms with van der Waals surface area (Å²) in [6.45, 7) is 5.15. The van der Waals surface area contributed by atoms with Crippen molar-refractivity contribution >= 4 is 10.3 Å². The Morgan fingerprint density at radius 1 is 1.50 bits per heavy atom. The summed E-state index contributed by atoms with van der Waals surface area (Å²) in [5, 5.41) is 4.65. The summed E-state index contributed by atoms with van der Waals surface area (Å²) in [5.74, 6) is 0. The van der Waals surface area contributed by atoms with E-state index in [1.165, 1.54) is 0 Å². The summed E-state index contributed by atoms with van der Waals surface area (Å²) in [6, 6.07) is 0. The average molecular weight is 167 g/mol. The molecule has 0 spiro atoms. The van der Waals surface area contributed by atoms with Crippen molar-refractivity contribution in [3.05, 3.63) is 0 Å². The second-order valence-electron chi connectivity index (χ2n) is 2.69. The lowest BCUT2D eigenvalue weighted by atomic mass is 10.1. The van der Waals surface area contributed by atoms with Crippen LogP contribution in [-0.2, 0) is 14.5 Å². The minimum absolute atomic E-state index is 0.601. The molecule has 0 atom stereocenters. The minimum atomic E-state index is -3.79. The monoisotopic (exact) mass is 167 g/mol. The molecule has 0 amide bonds. The van der Waals surface area contributed by atoms with Crippen molar-refractivity contribution in [2.75, 3.05) is 0 Å². The van der Waals surface area contributed by atoms with E-state index in [-0.39, 0.29) is 0 Å². The Labute approximate surface area is 61.6 Å². The van der Waals surface area contributed by atoms with Crippen LogP contribution in [0.4, 0.5) is 0 Å². The Morgan fingerprint density at radius 2 is 1.90 bits per heavy atom. The molecular formula is C5H13NO3S. The Hall–Kier alpha value is -0.130. The van der Waals surface area contributed by atoms with Crippen molar-refractivity contribution in [3.63, 3.8) is 0 Å². The maximum atomic E-state index is 10.4. The molecule has 4 nitrogen and oxygen atoms in total. The molecule has 0 heterocycles. The second kappa shape index (κ2) is 2.86. The van der Waals surface area contributed by atoms with E-state index in [0.29, 0.717) is 6.42 Å². The van der Waals surface area contributed by atoms with E-state index in [1.807, 2.05) is 6.92 Å². The van der Waals surface area contributed by atoms with Gasteiger partial charge in [-0.05, 0) is 20.3 Å². The Balaban J connectivity index is 4.16. The summed E-state index contributed by atoms with van der Waals surface area (Å²) < 4.78 is 25.2. The zero-order chi connectivity index (χ0) is 8.41. The molecule has 0 aromatic carbocycles. The minimum Gasteiger partial charge on any atom is -0.252 e. The molecule has 2 N–H and O–H groups in total. The van der Waals surface area contributed by atoms with Crippen LogP contribution in [0.25, 0.3) is 0 Å². The van der Waals surface area contributed by atoms with Gasteiger partial charge in [-0.15, -0.1) is 0 Å². The fraction of sp³-hybridized carbons (Fsp3) is 1.00. The Morgan fingerprint density at radius 3 is 2.00 bits per heavy atom. The lowest BCUT2D eigenvalue weighted by Gasteiger charge is -2.20. The molecule has 0 saturated carbocycles. The van der Waals surface area contributed by atoms with Crippen molar-refractivity contribution in [1.29, 1.82) is 0 Å². The molecule has 0 aromatic rings. The van der Waals surface area contributed by atoms with Crippen LogP contribution in [0.3, 0.4) is 0 Å². The smallest absolute Gasteiger partial charge is 0.252 e. The van der Waals surface area contributed by atoms with Gasteiger partial charge < -0.3 is 0 Å². The van der Waals surface area contributed by atoms with Crippen molar-refractivity contribution in [1.82, 2.24) is 0 Å². The van der Waals surface area contributed by atoms with Gasteiger partial charge in [0, 0.05) is 0 Å². The quantitative estimate of drug-likeness (QED) is 0.661. The van der Waals surface area contributed by atoms with Gasteiger partial charge in [0.15, 0.2) is 0 Å². The van der Waals surface area contributed by atoms with E-state index in [0.717, 1.165) is 0 Å². The van der Waals surface area contributed by atoms with Crippen LogP contribution in [0.5, 0.6) is 0 Å². The van der Waals surface area contributed by atoms with Crippen LogP contribution in [0.2, 0.25) is 0 Å². The molecule has 0 aromatic heterocycles. The molecule has 10 heavy (non-hydrogen) atoms.